The molecular weight excluding hydrogens is 372 g/mol. The molecule has 0 fully saturated rings. The van der Waals surface area contributed by atoms with Gasteiger partial charge in [-0.3, -0.25) is 0 Å². The zero-order chi connectivity index (χ0) is 20.0. The second-order valence-corrected chi connectivity index (χ2v) is 7.44. The van der Waals surface area contributed by atoms with E-state index in [-0.39, 0.29) is 10.5 Å². The van der Waals surface area contributed by atoms with Crippen molar-refractivity contribution in [2.24, 2.45) is 0 Å². The summed E-state index contributed by atoms with van der Waals surface area (Å²) in [6.07, 6.45) is 0.597. The van der Waals surface area contributed by atoms with Gasteiger partial charge in [0, 0.05) is 6.54 Å². The van der Waals surface area contributed by atoms with E-state index in [0.29, 0.717) is 30.2 Å². The predicted octanol–water partition coefficient (Wildman–Crippen LogP) is 1.96. The maximum Gasteiger partial charge on any atom is 0.335 e. The first-order valence-corrected chi connectivity index (χ1v) is 9.56. The van der Waals surface area contributed by atoms with Crippen molar-refractivity contribution in [2.45, 2.75) is 11.3 Å². The third kappa shape index (κ3) is 4.89. The van der Waals surface area contributed by atoms with Gasteiger partial charge in [0.25, 0.3) is 0 Å². The number of hydrogen-bond acceptors (Lipinski definition) is 6. The number of carboxylic acids is 1. The van der Waals surface area contributed by atoms with E-state index in [1.54, 1.807) is 20.3 Å². The van der Waals surface area contributed by atoms with Gasteiger partial charge in [-0.1, -0.05) is 6.07 Å². The highest BCUT2D eigenvalue weighted by Crippen LogP contribution is 2.28. The Morgan fingerprint density at radius 3 is 2.37 bits per heavy atom. The molecule has 2 rings (SSSR count). The second-order valence-electron chi connectivity index (χ2n) is 5.59. The molecule has 0 radical (unpaired) electrons. The zero-order valence-electron chi connectivity index (χ0n) is 15.3. The van der Waals surface area contributed by atoms with Crippen LogP contribution in [0.2, 0.25) is 0 Å². The number of anilines is 1. The Balaban J connectivity index is 2.19. The minimum atomic E-state index is -3.81. The first-order chi connectivity index (χ1) is 12.8. The van der Waals surface area contributed by atoms with E-state index in [9.17, 15) is 13.2 Å². The maximum absolute atomic E-state index is 12.2. The molecule has 8 nitrogen and oxygen atoms in total. The number of ether oxygens (including phenoxy) is 2. The molecule has 0 aliphatic rings. The summed E-state index contributed by atoms with van der Waals surface area (Å²) in [6.45, 7) is 0.439. The molecular formula is C18H22N2O6S. The van der Waals surface area contributed by atoms with Crippen molar-refractivity contribution in [3.8, 4) is 11.5 Å². The molecule has 3 N–H and O–H groups in total. The average molecular weight is 394 g/mol. The summed E-state index contributed by atoms with van der Waals surface area (Å²) in [7, 11) is 0.576. The molecule has 0 unspecified atom stereocenters. The minimum absolute atomic E-state index is 0.103. The number of sulfonamides is 1. The fraction of sp³-hybridized carbons (Fsp3) is 0.278. The summed E-state index contributed by atoms with van der Waals surface area (Å²) in [5.74, 6) is 0.0413. The fourth-order valence-electron chi connectivity index (χ4n) is 2.51. The van der Waals surface area contributed by atoms with Gasteiger partial charge in [-0.15, -0.1) is 0 Å². The Kier molecular flexibility index (Phi) is 6.65. The number of nitrogens with one attached hydrogen (secondary N) is 2. The van der Waals surface area contributed by atoms with Gasteiger partial charge in [0.15, 0.2) is 11.5 Å². The van der Waals surface area contributed by atoms with Gasteiger partial charge in [-0.25, -0.2) is 17.9 Å². The lowest BCUT2D eigenvalue weighted by Gasteiger charge is -2.14. The van der Waals surface area contributed by atoms with E-state index in [0.717, 1.165) is 11.6 Å². The van der Waals surface area contributed by atoms with E-state index in [4.69, 9.17) is 14.6 Å². The van der Waals surface area contributed by atoms with Crippen LogP contribution in [0.3, 0.4) is 0 Å². The number of carboxylic acid groups (broad SMARTS) is 1. The standard InChI is InChI=1S/C18H22N2O6S/c1-19-27(23,24)17-11-13(18(21)22)5-6-14(17)20-9-8-12-4-7-15(25-2)16(10-12)26-3/h4-7,10-11,19-20H,8-9H2,1-3H3,(H,21,22). The van der Waals surface area contributed by atoms with Crippen LogP contribution < -0.4 is 19.5 Å². The largest absolute Gasteiger partial charge is 0.493 e. The summed E-state index contributed by atoms with van der Waals surface area (Å²) < 4.78 is 37.1. The Morgan fingerprint density at radius 2 is 1.78 bits per heavy atom. The molecule has 2 aromatic rings. The van der Waals surface area contributed by atoms with E-state index in [2.05, 4.69) is 10.0 Å². The van der Waals surface area contributed by atoms with Crippen molar-refractivity contribution in [3.05, 3.63) is 47.5 Å². The summed E-state index contributed by atoms with van der Waals surface area (Å²) in [6, 6.07) is 9.47. The van der Waals surface area contributed by atoms with Crippen LogP contribution in [-0.4, -0.2) is 47.3 Å². The Bertz CT molecular complexity index is 927. The molecule has 0 spiro atoms. The lowest BCUT2D eigenvalue weighted by atomic mass is 10.1. The van der Waals surface area contributed by atoms with Crippen molar-refractivity contribution in [1.29, 1.82) is 0 Å². The lowest BCUT2D eigenvalue weighted by Crippen LogP contribution is -2.21. The third-order valence-corrected chi connectivity index (χ3v) is 5.42. The van der Waals surface area contributed by atoms with Crippen molar-refractivity contribution >= 4 is 21.7 Å². The molecule has 0 saturated heterocycles. The highest BCUT2D eigenvalue weighted by atomic mass is 32.2. The van der Waals surface area contributed by atoms with E-state index in [1.165, 1.54) is 19.2 Å². The second kappa shape index (κ2) is 8.74. The SMILES string of the molecule is CNS(=O)(=O)c1cc(C(=O)O)ccc1NCCc1ccc(OC)c(OC)c1. The summed E-state index contributed by atoms with van der Waals surface area (Å²) in [5, 5.41) is 12.1. The van der Waals surface area contributed by atoms with E-state index in [1.807, 2.05) is 12.1 Å². The molecule has 27 heavy (non-hydrogen) atoms. The monoisotopic (exact) mass is 394 g/mol. The number of aromatic carboxylic acids is 1. The summed E-state index contributed by atoms with van der Waals surface area (Å²) >= 11 is 0. The van der Waals surface area contributed by atoms with Crippen molar-refractivity contribution in [2.75, 3.05) is 33.1 Å². The Labute approximate surface area is 158 Å². The smallest absolute Gasteiger partial charge is 0.335 e. The Morgan fingerprint density at radius 1 is 1.07 bits per heavy atom. The molecule has 0 saturated carbocycles. The molecule has 0 heterocycles. The molecule has 0 aliphatic heterocycles. The van der Waals surface area contributed by atoms with Crippen LogP contribution in [0.1, 0.15) is 15.9 Å². The van der Waals surface area contributed by atoms with Crippen LogP contribution in [0.25, 0.3) is 0 Å². The van der Waals surface area contributed by atoms with Crippen LogP contribution in [0, 0.1) is 0 Å². The predicted molar refractivity (Wildman–Crippen MR) is 101 cm³/mol. The minimum Gasteiger partial charge on any atom is -0.493 e. The van der Waals surface area contributed by atoms with Gasteiger partial charge in [-0.2, -0.15) is 0 Å². The Hall–Kier alpha value is -2.78. The van der Waals surface area contributed by atoms with Crippen LogP contribution in [-0.2, 0) is 16.4 Å². The van der Waals surface area contributed by atoms with Crippen molar-refractivity contribution < 1.29 is 27.8 Å². The van der Waals surface area contributed by atoms with Gasteiger partial charge >= 0.3 is 5.97 Å². The van der Waals surface area contributed by atoms with Gasteiger partial charge in [0.2, 0.25) is 10.0 Å². The topological polar surface area (TPSA) is 114 Å². The van der Waals surface area contributed by atoms with Gasteiger partial charge < -0.3 is 19.9 Å². The lowest BCUT2D eigenvalue weighted by molar-refractivity contribution is 0.0696. The maximum atomic E-state index is 12.2. The third-order valence-electron chi connectivity index (χ3n) is 3.96. The normalized spacial score (nSPS) is 11.1. The van der Waals surface area contributed by atoms with E-state index >= 15 is 0 Å². The quantitative estimate of drug-likeness (QED) is 0.596. The summed E-state index contributed by atoms with van der Waals surface area (Å²) in [5.41, 5.74) is 1.20. The molecule has 0 aliphatic carbocycles. The number of rotatable bonds is 9. The van der Waals surface area contributed by atoms with Crippen molar-refractivity contribution in [3.63, 3.8) is 0 Å². The highest BCUT2D eigenvalue weighted by molar-refractivity contribution is 7.89. The average Bonchev–Trinajstić information content (AvgIpc) is 2.67. The molecule has 0 amide bonds. The van der Waals surface area contributed by atoms with Gasteiger partial charge in [-0.05, 0) is 49.4 Å². The van der Waals surface area contributed by atoms with Crippen molar-refractivity contribution in [1.82, 2.24) is 4.72 Å². The summed E-state index contributed by atoms with van der Waals surface area (Å²) in [4.78, 5) is 11.0. The van der Waals surface area contributed by atoms with Gasteiger partial charge in [0.05, 0.1) is 25.5 Å². The molecule has 2 aromatic carbocycles. The number of hydrogen-bond donors (Lipinski definition) is 3. The molecule has 0 bridgehead atoms. The van der Waals surface area contributed by atoms with E-state index < -0.39 is 16.0 Å². The zero-order valence-corrected chi connectivity index (χ0v) is 16.1. The van der Waals surface area contributed by atoms with Crippen LogP contribution in [0.5, 0.6) is 11.5 Å². The molecule has 146 valence electrons. The molecule has 9 heteroatoms. The number of methoxy groups -OCH3 is 2. The van der Waals surface area contributed by atoms with Crippen LogP contribution in [0.15, 0.2) is 41.3 Å². The van der Waals surface area contributed by atoms with Crippen LogP contribution in [0.4, 0.5) is 5.69 Å². The first kappa shape index (κ1) is 20.5. The first-order valence-electron chi connectivity index (χ1n) is 8.08. The highest BCUT2D eigenvalue weighted by Gasteiger charge is 2.19. The molecule has 0 aromatic heterocycles. The van der Waals surface area contributed by atoms with Crippen LogP contribution >= 0.6 is 0 Å². The van der Waals surface area contributed by atoms with Gasteiger partial charge in [0.1, 0.15) is 4.90 Å². The fourth-order valence-corrected chi connectivity index (χ4v) is 3.44. The number of carbonyl (C=O) groups is 1. The number of benzene rings is 2. The molecule has 0 atom stereocenters.